The summed E-state index contributed by atoms with van der Waals surface area (Å²) in [5.41, 5.74) is 2.09. The molecule has 0 saturated carbocycles. The number of imide groups is 1. The molecule has 1 heterocycles. The number of rotatable bonds is 7. The molecule has 1 N–H and O–H groups in total. The highest BCUT2D eigenvalue weighted by Crippen LogP contribution is 2.23. The number of nitrogens with one attached hydrogen (secondary N) is 1. The second-order valence-corrected chi connectivity index (χ2v) is 7.01. The first-order valence-corrected chi connectivity index (χ1v) is 8.85. The number of ether oxygens (including phenoxy) is 1. The van der Waals surface area contributed by atoms with Crippen molar-refractivity contribution in [2.45, 2.75) is 18.3 Å². The zero-order chi connectivity index (χ0) is 18.5. The van der Waals surface area contributed by atoms with Crippen LogP contribution < -0.4 is 5.32 Å². The first-order chi connectivity index (χ1) is 12.5. The summed E-state index contributed by atoms with van der Waals surface area (Å²) in [4.78, 5) is 34.7. The quantitative estimate of drug-likeness (QED) is 0.755. The fourth-order valence-electron chi connectivity index (χ4n) is 2.52. The molecule has 1 saturated heterocycles. The molecule has 7 heteroatoms. The van der Waals surface area contributed by atoms with Crippen LogP contribution in [0.5, 0.6) is 0 Å². The Labute approximate surface area is 153 Å². The van der Waals surface area contributed by atoms with Crippen molar-refractivity contribution >= 4 is 28.7 Å². The molecule has 0 aromatic heterocycles. The van der Waals surface area contributed by atoms with E-state index in [1.165, 1.54) is 18.2 Å². The number of halogens is 1. The minimum atomic E-state index is -0.456. The zero-order valence-corrected chi connectivity index (χ0v) is 14.6. The molecule has 1 atom stereocenters. The smallest absolute Gasteiger partial charge is 0.286 e. The van der Waals surface area contributed by atoms with E-state index in [0.29, 0.717) is 6.42 Å². The van der Waals surface area contributed by atoms with Crippen LogP contribution in [0, 0.1) is 5.82 Å². The molecular formula is C19H16FNO4S. The molecule has 1 aliphatic rings. The largest absolute Gasteiger partial charge is 0.369 e. The minimum Gasteiger partial charge on any atom is -0.369 e. The predicted molar refractivity (Wildman–Crippen MR) is 95.5 cm³/mol. The van der Waals surface area contributed by atoms with Crippen molar-refractivity contribution in [2.24, 2.45) is 0 Å². The predicted octanol–water partition coefficient (Wildman–Crippen LogP) is 3.12. The van der Waals surface area contributed by atoms with E-state index in [4.69, 9.17) is 4.74 Å². The molecule has 2 aromatic rings. The second kappa shape index (κ2) is 8.25. The Morgan fingerprint density at radius 1 is 1.12 bits per heavy atom. The van der Waals surface area contributed by atoms with Gasteiger partial charge in [-0.15, -0.1) is 0 Å². The van der Waals surface area contributed by atoms with Gasteiger partial charge >= 0.3 is 0 Å². The fourth-order valence-corrected chi connectivity index (χ4v) is 3.38. The molecule has 0 aliphatic carbocycles. The Balaban J connectivity index is 1.48. The maximum absolute atomic E-state index is 13.1. The number of carbonyl (C=O) groups excluding carboxylic acids is 3. The third-order valence-electron chi connectivity index (χ3n) is 3.86. The van der Waals surface area contributed by atoms with Crippen LogP contribution in [0.25, 0.3) is 0 Å². The molecule has 2 aromatic carbocycles. The van der Waals surface area contributed by atoms with Gasteiger partial charge in [-0.1, -0.05) is 48.2 Å². The van der Waals surface area contributed by atoms with Crippen LogP contribution in [-0.2, 0) is 22.6 Å². The molecule has 0 radical (unpaired) electrons. The van der Waals surface area contributed by atoms with Gasteiger partial charge in [0.05, 0.1) is 11.9 Å². The number of Topliss-reactive ketones (excluding diaryl/α,β-unsaturated/α-hetero) is 1. The average molecular weight is 373 g/mol. The molecule has 0 bridgehead atoms. The summed E-state index contributed by atoms with van der Waals surface area (Å²) in [6, 6.07) is 12.9. The monoisotopic (exact) mass is 373 g/mol. The summed E-state index contributed by atoms with van der Waals surface area (Å²) in [7, 11) is 0. The van der Waals surface area contributed by atoms with Gasteiger partial charge in [0, 0.05) is 5.56 Å². The van der Waals surface area contributed by atoms with Crippen LogP contribution in [0.15, 0.2) is 48.5 Å². The lowest BCUT2D eigenvalue weighted by molar-refractivity contribution is -0.118. The normalized spacial score (nSPS) is 16.6. The van der Waals surface area contributed by atoms with E-state index in [1.54, 1.807) is 6.07 Å². The minimum absolute atomic E-state index is 0.133. The lowest BCUT2D eigenvalue weighted by Crippen LogP contribution is -2.25. The maximum Gasteiger partial charge on any atom is 0.286 e. The number of carbonyl (C=O) groups is 3. The molecule has 26 heavy (non-hydrogen) atoms. The molecule has 1 fully saturated rings. The van der Waals surface area contributed by atoms with Gasteiger partial charge in [0.15, 0.2) is 5.78 Å². The van der Waals surface area contributed by atoms with Crippen LogP contribution in [0.1, 0.15) is 21.5 Å². The first-order valence-electron chi connectivity index (χ1n) is 7.97. The first kappa shape index (κ1) is 18.3. The lowest BCUT2D eigenvalue weighted by Gasteiger charge is -2.07. The summed E-state index contributed by atoms with van der Waals surface area (Å²) in [6.45, 7) is 0.116. The third-order valence-corrected chi connectivity index (χ3v) is 4.84. The van der Waals surface area contributed by atoms with E-state index in [0.717, 1.165) is 22.9 Å². The Hall–Kier alpha value is -2.51. The third kappa shape index (κ3) is 4.77. The van der Waals surface area contributed by atoms with Gasteiger partial charge < -0.3 is 4.74 Å². The summed E-state index contributed by atoms with van der Waals surface area (Å²) in [5.74, 6) is -0.999. The molecule has 134 valence electrons. The zero-order valence-electron chi connectivity index (χ0n) is 13.7. The molecular weight excluding hydrogens is 357 g/mol. The lowest BCUT2D eigenvalue weighted by atomic mass is 10.1. The van der Waals surface area contributed by atoms with Crippen molar-refractivity contribution in [3.05, 3.63) is 71.0 Å². The fraction of sp³-hybridized carbons (Fsp3) is 0.211. The van der Waals surface area contributed by atoms with E-state index < -0.39 is 11.1 Å². The van der Waals surface area contributed by atoms with E-state index in [9.17, 15) is 18.8 Å². The number of hydrogen-bond acceptors (Lipinski definition) is 5. The van der Waals surface area contributed by atoms with E-state index >= 15 is 0 Å². The summed E-state index contributed by atoms with van der Waals surface area (Å²) in [5, 5.41) is 1.56. The number of hydrogen-bond donors (Lipinski definition) is 1. The summed E-state index contributed by atoms with van der Waals surface area (Å²) in [6.07, 6.45) is 0.474. The van der Waals surface area contributed by atoms with Gasteiger partial charge in [0.2, 0.25) is 5.91 Å². The van der Waals surface area contributed by atoms with Crippen molar-refractivity contribution in [2.75, 3.05) is 6.61 Å². The Kier molecular flexibility index (Phi) is 5.80. The molecule has 1 unspecified atom stereocenters. The van der Waals surface area contributed by atoms with Gasteiger partial charge in [-0.25, -0.2) is 4.39 Å². The molecule has 2 amide bonds. The van der Waals surface area contributed by atoms with Crippen LogP contribution in [0.2, 0.25) is 0 Å². The number of ketones is 1. The second-order valence-electron chi connectivity index (χ2n) is 5.83. The van der Waals surface area contributed by atoms with E-state index in [-0.39, 0.29) is 35.7 Å². The SMILES string of the molecule is O=C1NC(=O)C(Cc2ccc(COCC(=O)c3cccc(F)c3)cc2)S1. The highest BCUT2D eigenvalue weighted by molar-refractivity contribution is 8.15. The molecule has 1 aliphatic heterocycles. The van der Waals surface area contributed by atoms with Crippen molar-refractivity contribution in [3.63, 3.8) is 0 Å². The standard InChI is InChI=1S/C19H16FNO4S/c20-15-3-1-2-14(9-15)16(22)11-25-10-13-6-4-12(5-7-13)8-17-18(23)21-19(24)26-17/h1-7,9,17H,8,10-11H2,(H,21,23,24). The summed E-state index contributed by atoms with van der Waals surface area (Å²) < 4.78 is 18.5. The van der Waals surface area contributed by atoms with Crippen LogP contribution in [0.3, 0.4) is 0 Å². The topological polar surface area (TPSA) is 72.5 Å². The van der Waals surface area contributed by atoms with Gasteiger partial charge in [-0.3, -0.25) is 19.7 Å². The summed E-state index contributed by atoms with van der Waals surface area (Å²) >= 11 is 1.00. The van der Waals surface area contributed by atoms with Gasteiger partial charge in [-0.2, -0.15) is 0 Å². The maximum atomic E-state index is 13.1. The highest BCUT2D eigenvalue weighted by Gasteiger charge is 2.31. The van der Waals surface area contributed by atoms with Crippen LogP contribution in [-0.4, -0.2) is 28.8 Å². The molecule has 0 spiro atoms. The van der Waals surface area contributed by atoms with Crippen molar-refractivity contribution in [3.8, 4) is 0 Å². The van der Waals surface area contributed by atoms with E-state index in [1.807, 2.05) is 24.3 Å². The highest BCUT2D eigenvalue weighted by atomic mass is 32.2. The van der Waals surface area contributed by atoms with Gasteiger partial charge in [0.1, 0.15) is 12.4 Å². The molecule has 3 rings (SSSR count). The Bertz CT molecular complexity index is 838. The van der Waals surface area contributed by atoms with Gasteiger partial charge in [-0.05, 0) is 29.7 Å². The average Bonchev–Trinajstić information content (AvgIpc) is 2.93. The van der Waals surface area contributed by atoms with E-state index in [2.05, 4.69) is 5.32 Å². The van der Waals surface area contributed by atoms with Crippen molar-refractivity contribution in [1.82, 2.24) is 5.32 Å². The number of benzene rings is 2. The van der Waals surface area contributed by atoms with Crippen molar-refractivity contribution in [1.29, 1.82) is 0 Å². The van der Waals surface area contributed by atoms with Crippen LogP contribution >= 0.6 is 11.8 Å². The Morgan fingerprint density at radius 3 is 2.50 bits per heavy atom. The number of thioether (sulfide) groups is 1. The van der Waals surface area contributed by atoms with Gasteiger partial charge in [0.25, 0.3) is 5.24 Å². The Morgan fingerprint density at radius 2 is 1.85 bits per heavy atom. The molecule has 5 nitrogen and oxygen atoms in total. The number of amides is 2. The van der Waals surface area contributed by atoms with Crippen LogP contribution in [0.4, 0.5) is 9.18 Å². The van der Waals surface area contributed by atoms with Crippen molar-refractivity contribution < 1.29 is 23.5 Å².